The zero-order valence-electron chi connectivity index (χ0n) is 15.5. The number of esters is 1. The molecule has 1 aromatic carbocycles. The molecular weight excluding hydrogens is 727 g/mol. The third kappa shape index (κ3) is 7.39. The highest BCUT2D eigenvalue weighted by Gasteiger charge is 2.29. The molecule has 0 aliphatic carbocycles. The number of hydrogen-bond donors (Lipinski definition) is 5. The first-order valence-corrected chi connectivity index (χ1v) is 11.4. The first-order chi connectivity index (χ1) is 13.5. The Hall–Kier alpha value is -0.340. The summed E-state index contributed by atoms with van der Waals surface area (Å²) in [4.78, 5) is 37.2. The Morgan fingerprint density at radius 3 is 1.69 bits per heavy atom. The molecule has 162 valence electrons. The molecule has 2 amide bonds. The minimum atomic E-state index is -1.71. The maximum Gasteiger partial charge on any atom is 0.343 e. The van der Waals surface area contributed by atoms with E-state index in [2.05, 4.69) is 10.6 Å². The van der Waals surface area contributed by atoms with Gasteiger partial charge in [0.2, 0.25) is 11.8 Å². The summed E-state index contributed by atoms with van der Waals surface area (Å²) in [6, 6.07) is 0. The highest BCUT2D eigenvalue weighted by molar-refractivity contribution is 14.1. The molecule has 0 aromatic heterocycles. The van der Waals surface area contributed by atoms with Gasteiger partial charge in [0.05, 0.1) is 40.9 Å². The monoisotopic (exact) mass is 747 g/mol. The number of benzene rings is 1. The van der Waals surface area contributed by atoms with E-state index in [1.807, 2.05) is 67.8 Å². The first-order valence-electron chi connectivity index (χ1n) is 8.15. The van der Waals surface area contributed by atoms with Crippen molar-refractivity contribution in [1.29, 1.82) is 0 Å². The number of rotatable bonds is 9. The van der Waals surface area contributed by atoms with E-state index in [1.165, 1.54) is 18.7 Å². The topological polar surface area (TPSA) is 148 Å². The minimum Gasteiger partial charge on any atom is -0.418 e. The van der Waals surface area contributed by atoms with E-state index in [0.29, 0.717) is 22.1 Å². The summed E-state index contributed by atoms with van der Waals surface area (Å²) in [6.45, 7) is 1.95. The lowest BCUT2D eigenvalue weighted by Gasteiger charge is -2.26. The quantitative estimate of drug-likeness (QED) is 0.144. The molecule has 1 unspecified atom stereocenters. The van der Waals surface area contributed by atoms with Gasteiger partial charge in [-0.25, -0.2) is 9.69 Å². The zero-order valence-corrected chi connectivity index (χ0v) is 21.9. The van der Waals surface area contributed by atoms with Crippen molar-refractivity contribution in [3.63, 3.8) is 0 Å². The van der Waals surface area contributed by atoms with Crippen LogP contribution < -0.4 is 10.6 Å². The fraction of sp³-hybridized carbons (Fsp3) is 0.438. The first kappa shape index (κ1) is 26.7. The number of hydrogen-bond acceptors (Lipinski definition) is 8. The molecule has 0 fully saturated rings. The normalized spacial score (nSPS) is 11.9. The number of ether oxygens (including phenoxy) is 1. The third-order valence-electron chi connectivity index (χ3n) is 3.42. The third-order valence-corrected chi connectivity index (χ3v) is 6.66. The van der Waals surface area contributed by atoms with Gasteiger partial charge < -0.3 is 30.7 Å². The summed E-state index contributed by atoms with van der Waals surface area (Å²) in [5.41, 5.74) is 0.699. The molecule has 0 bridgehead atoms. The van der Waals surface area contributed by atoms with E-state index in [-0.39, 0.29) is 43.7 Å². The van der Waals surface area contributed by atoms with Gasteiger partial charge in [-0.3, -0.25) is 9.59 Å². The van der Waals surface area contributed by atoms with Gasteiger partial charge in [-0.2, -0.15) is 0 Å². The number of nitrogens with one attached hydrogen (secondary N) is 2. The smallest absolute Gasteiger partial charge is 0.343 e. The van der Waals surface area contributed by atoms with Gasteiger partial charge in [0.1, 0.15) is 0 Å². The highest BCUT2D eigenvalue weighted by atomic mass is 127. The Morgan fingerprint density at radius 2 is 1.34 bits per heavy atom. The second-order valence-electron chi connectivity index (χ2n) is 5.64. The Morgan fingerprint density at radius 1 is 0.931 bits per heavy atom. The number of amides is 2. The minimum absolute atomic E-state index is 0.0236. The molecule has 5 N–H and O–H groups in total. The maximum absolute atomic E-state index is 12.8. The van der Waals surface area contributed by atoms with Gasteiger partial charge in [0.15, 0.2) is 0 Å². The van der Waals surface area contributed by atoms with Crippen LogP contribution in [0.3, 0.4) is 0 Å². The second-order valence-corrected chi connectivity index (χ2v) is 8.88. The van der Waals surface area contributed by atoms with Crippen molar-refractivity contribution in [2.75, 3.05) is 36.9 Å². The molecule has 0 spiro atoms. The largest absolute Gasteiger partial charge is 0.418 e. The number of aliphatic hydroxyl groups excluding tert-OH is 3. The summed E-state index contributed by atoms with van der Waals surface area (Å²) < 4.78 is 6.38. The van der Waals surface area contributed by atoms with Crippen LogP contribution in [-0.4, -0.2) is 70.7 Å². The van der Waals surface area contributed by atoms with Crippen molar-refractivity contribution in [3.05, 3.63) is 16.3 Å². The fourth-order valence-electron chi connectivity index (χ4n) is 2.23. The molecule has 0 aliphatic rings. The van der Waals surface area contributed by atoms with Gasteiger partial charge in [0, 0.05) is 26.9 Å². The Bertz CT molecular complexity index is 743. The molecule has 13 heteroatoms. The van der Waals surface area contributed by atoms with Crippen LogP contribution in [0.2, 0.25) is 0 Å². The van der Waals surface area contributed by atoms with Crippen LogP contribution in [0.15, 0.2) is 0 Å². The summed E-state index contributed by atoms with van der Waals surface area (Å²) in [7, 11) is 0. The summed E-state index contributed by atoms with van der Waals surface area (Å²) in [5.74, 6) is -1.64. The molecule has 0 saturated heterocycles. The average molecular weight is 747 g/mol. The van der Waals surface area contributed by atoms with Crippen LogP contribution in [0.1, 0.15) is 24.2 Å². The van der Waals surface area contributed by atoms with Crippen LogP contribution in [-0.2, 0) is 14.3 Å². The lowest BCUT2D eigenvalue weighted by atomic mass is 10.1. The van der Waals surface area contributed by atoms with Crippen LogP contribution in [0.4, 0.5) is 11.4 Å². The molecule has 1 aromatic rings. The van der Waals surface area contributed by atoms with Crippen LogP contribution >= 0.6 is 67.8 Å². The number of aliphatic hydroxyl groups is 3. The Balaban J connectivity index is 3.42. The van der Waals surface area contributed by atoms with Crippen molar-refractivity contribution in [3.8, 4) is 0 Å². The van der Waals surface area contributed by atoms with Crippen molar-refractivity contribution < 1.29 is 34.4 Å². The molecule has 1 rings (SSSR count). The molecule has 0 radical (unpaired) electrons. The van der Waals surface area contributed by atoms with Crippen molar-refractivity contribution in [1.82, 2.24) is 4.90 Å². The molecule has 1 atom stereocenters. The SMILES string of the molecule is CC(=O)Nc1c(I)c(NC(C)=O)c(I)c(C(=O)OC(O)N(CCO)CCO)c1I. The number of halogens is 3. The molecule has 0 heterocycles. The van der Waals surface area contributed by atoms with E-state index in [1.54, 1.807) is 0 Å². The van der Waals surface area contributed by atoms with E-state index in [0.717, 1.165) is 0 Å². The van der Waals surface area contributed by atoms with Gasteiger partial charge in [-0.1, -0.05) is 0 Å². The van der Waals surface area contributed by atoms with Gasteiger partial charge >= 0.3 is 5.97 Å². The van der Waals surface area contributed by atoms with Crippen LogP contribution in [0.25, 0.3) is 0 Å². The summed E-state index contributed by atoms with van der Waals surface area (Å²) in [6.07, 6.45) is -1.71. The van der Waals surface area contributed by atoms with E-state index >= 15 is 0 Å². The van der Waals surface area contributed by atoms with Crippen LogP contribution in [0, 0.1) is 10.7 Å². The maximum atomic E-state index is 12.8. The highest BCUT2D eigenvalue weighted by Crippen LogP contribution is 2.39. The molecular formula is C16H20I3N3O7. The van der Waals surface area contributed by atoms with Crippen molar-refractivity contribution in [2.45, 2.75) is 20.3 Å². The van der Waals surface area contributed by atoms with E-state index in [4.69, 9.17) is 14.9 Å². The summed E-state index contributed by atoms with van der Waals surface area (Å²) in [5, 5.41) is 33.6. The predicted molar refractivity (Wildman–Crippen MR) is 130 cm³/mol. The van der Waals surface area contributed by atoms with Gasteiger partial charge in [0.25, 0.3) is 6.41 Å². The molecule has 29 heavy (non-hydrogen) atoms. The van der Waals surface area contributed by atoms with Crippen molar-refractivity contribution in [2.24, 2.45) is 0 Å². The van der Waals surface area contributed by atoms with E-state index in [9.17, 15) is 19.5 Å². The van der Waals surface area contributed by atoms with Gasteiger partial charge in [-0.15, -0.1) is 0 Å². The Kier molecular flexibility index (Phi) is 11.5. The number of carbonyl (C=O) groups is 3. The standard InChI is InChI=1S/C16H20I3N3O7/c1-7(25)20-13-10(17)9(11(18)14(12(13)19)21-8(2)26)15(27)29-16(28)22(3-5-23)4-6-24/h16,23-24,28H,3-6H2,1-2H3,(H,20,25)(H,21,26). The zero-order chi connectivity index (χ0) is 22.3. The number of anilines is 2. The fourth-order valence-corrected chi connectivity index (χ4v) is 6.38. The molecule has 0 aliphatic heterocycles. The molecule has 10 nitrogen and oxygen atoms in total. The average Bonchev–Trinajstić information content (AvgIpc) is 2.61. The van der Waals surface area contributed by atoms with Gasteiger partial charge in [-0.05, 0) is 67.8 Å². The van der Waals surface area contributed by atoms with E-state index < -0.39 is 12.4 Å². The number of nitrogens with zero attached hydrogens (tertiary/aromatic N) is 1. The van der Waals surface area contributed by atoms with Crippen molar-refractivity contribution >= 4 is 96.9 Å². The van der Waals surface area contributed by atoms with Crippen LogP contribution in [0.5, 0.6) is 0 Å². The predicted octanol–water partition coefficient (Wildman–Crippen LogP) is 1.14. The number of carbonyl (C=O) groups excluding carboxylic acids is 3. The summed E-state index contributed by atoms with van der Waals surface area (Å²) >= 11 is 5.70. The molecule has 0 saturated carbocycles. The lowest BCUT2D eigenvalue weighted by molar-refractivity contribution is -0.164. The lowest BCUT2D eigenvalue weighted by Crippen LogP contribution is -2.42. The second kappa shape index (κ2) is 12.5. The Labute approximate surface area is 208 Å².